The number of carbonyl (C=O) groups is 1. The molecule has 0 radical (unpaired) electrons. The lowest BCUT2D eigenvalue weighted by atomic mass is 10.3. The fourth-order valence-corrected chi connectivity index (χ4v) is 2.85. The Morgan fingerprint density at radius 1 is 1.29 bits per heavy atom. The van der Waals surface area contributed by atoms with Crippen LogP contribution >= 0.6 is 15.9 Å². The highest BCUT2D eigenvalue weighted by molar-refractivity contribution is 9.10. The molecule has 1 amide bonds. The molecule has 1 N–H and O–H groups in total. The quantitative estimate of drug-likeness (QED) is 0.418. The Hall–Kier alpha value is -3.21. The standard InChI is InChI=1S/C17H17BrN6O4/c1-2-22-10-12(18)14(21-22)9-19-17(25)13-7-8-23(20-13)11-28-16-6-4-3-5-15(16)24(26)27/h3-8,10H,2,9,11H2,1H3,(H,19,25). The molecule has 0 fully saturated rings. The number of nitro benzene ring substituents is 1. The summed E-state index contributed by atoms with van der Waals surface area (Å²) >= 11 is 3.41. The summed E-state index contributed by atoms with van der Waals surface area (Å²) in [5, 5.41) is 22.2. The highest BCUT2D eigenvalue weighted by atomic mass is 79.9. The van der Waals surface area contributed by atoms with Crippen LogP contribution in [-0.4, -0.2) is 30.4 Å². The van der Waals surface area contributed by atoms with E-state index in [-0.39, 0.29) is 36.3 Å². The Bertz CT molecular complexity index is 999. The van der Waals surface area contributed by atoms with E-state index in [9.17, 15) is 14.9 Å². The molecule has 2 aromatic heterocycles. The van der Waals surface area contributed by atoms with E-state index in [0.29, 0.717) is 5.69 Å². The molecular formula is C17H17BrN6O4. The number of hydrogen-bond acceptors (Lipinski definition) is 6. The molecule has 3 rings (SSSR count). The number of nitro groups is 1. The maximum atomic E-state index is 12.3. The largest absolute Gasteiger partial charge is 0.464 e. The van der Waals surface area contributed by atoms with E-state index in [0.717, 1.165) is 11.0 Å². The van der Waals surface area contributed by atoms with Crippen molar-refractivity contribution in [2.75, 3.05) is 0 Å². The topological polar surface area (TPSA) is 117 Å². The lowest BCUT2D eigenvalue weighted by Gasteiger charge is -2.06. The Morgan fingerprint density at radius 2 is 2.07 bits per heavy atom. The fourth-order valence-electron chi connectivity index (χ4n) is 2.39. The molecule has 0 unspecified atom stereocenters. The summed E-state index contributed by atoms with van der Waals surface area (Å²) in [6.45, 7) is 2.90. The van der Waals surface area contributed by atoms with Gasteiger partial charge in [0.25, 0.3) is 5.91 Å². The van der Waals surface area contributed by atoms with Crippen molar-refractivity contribution < 1.29 is 14.5 Å². The number of halogens is 1. The minimum absolute atomic E-state index is 0.0649. The monoisotopic (exact) mass is 448 g/mol. The fraction of sp³-hybridized carbons (Fsp3) is 0.235. The third kappa shape index (κ3) is 4.55. The lowest BCUT2D eigenvalue weighted by molar-refractivity contribution is -0.386. The molecule has 0 spiro atoms. The van der Waals surface area contributed by atoms with Crippen LogP contribution in [0, 0.1) is 10.1 Å². The van der Waals surface area contributed by atoms with Crippen LogP contribution in [-0.2, 0) is 19.8 Å². The van der Waals surface area contributed by atoms with Crippen LogP contribution in [0.3, 0.4) is 0 Å². The third-order valence-corrected chi connectivity index (χ3v) is 4.48. The minimum Gasteiger partial charge on any atom is -0.464 e. The van der Waals surface area contributed by atoms with Gasteiger partial charge in [-0.15, -0.1) is 0 Å². The summed E-state index contributed by atoms with van der Waals surface area (Å²) in [6.07, 6.45) is 3.40. The number of nitrogens with zero attached hydrogens (tertiary/aromatic N) is 5. The highest BCUT2D eigenvalue weighted by Gasteiger charge is 2.15. The average molecular weight is 449 g/mol. The van der Waals surface area contributed by atoms with Gasteiger partial charge in [-0.3, -0.25) is 19.6 Å². The molecule has 2 heterocycles. The number of nitrogens with one attached hydrogen (secondary N) is 1. The van der Waals surface area contributed by atoms with Crippen molar-refractivity contribution >= 4 is 27.5 Å². The molecule has 0 saturated heterocycles. The van der Waals surface area contributed by atoms with E-state index in [1.807, 2.05) is 13.1 Å². The first-order valence-corrected chi connectivity index (χ1v) is 9.17. The second-order valence-corrected chi connectivity index (χ2v) is 6.56. The zero-order valence-electron chi connectivity index (χ0n) is 14.9. The van der Waals surface area contributed by atoms with Crippen molar-refractivity contribution in [2.45, 2.75) is 26.7 Å². The van der Waals surface area contributed by atoms with Gasteiger partial charge >= 0.3 is 5.69 Å². The van der Waals surface area contributed by atoms with Gasteiger partial charge in [0.1, 0.15) is 5.69 Å². The Labute approximate surface area is 168 Å². The molecule has 0 saturated carbocycles. The van der Waals surface area contributed by atoms with Crippen molar-refractivity contribution in [1.29, 1.82) is 0 Å². The van der Waals surface area contributed by atoms with E-state index in [1.54, 1.807) is 23.0 Å². The van der Waals surface area contributed by atoms with Gasteiger partial charge in [0.05, 0.1) is 21.6 Å². The van der Waals surface area contributed by atoms with E-state index in [2.05, 4.69) is 31.4 Å². The third-order valence-electron chi connectivity index (χ3n) is 3.82. The number of ether oxygens (including phenoxy) is 1. The van der Waals surface area contributed by atoms with Gasteiger partial charge in [-0.1, -0.05) is 12.1 Å². The summed E-state index contributed by atoms with van der Waals surface area (Å²) in [5.41, 5.74) is 0.788. The normalized spacial score (nSPS) is 10.6. The maximum absolute atomic E-state index is 12.3. The molecule has 0 atom stereocenters. The first-order chi connectivity index (χ1) is 13.5. The van der Waals surface area contributed by atoms with Crippen LogP contribution < -0.4 is 10.1 Å². The van der Waals surface area contributed by atoms with Crippen molar-refractivity contribution in [3.8, 4) is 5.75 Å². The van der Waals surface area contributed by atoms with Crippen molar-refractivity contribution in [1.82, 2.24) is 24.9 Å². The zero-order valence-corrected chi connectivity index (χ0v) is 16.5. The van der Waals surface area contributed by atoms with E-state index < -0.39 is 4.92 Å². The second-order valence-electron chi connectivity index (χ2n) is 5.70. The highest BCUT2D eigenvalue weighted by Crippen LogP contribution is 2.25. The van der Waals surface area contributed by atoms with Gasteiger partial charge in [0.15, 0.2) is 12.5 Å². The average Bonchev–Trinajstić information content (AvgIpc) is 3.31. The second kappa shape index (κ2) is 8.65. The van der Waals surface area contributed by atoms with Gasteiger partial charge in [-0.2, -0.15) is 10.2 Å². The van der Waals surface area contributed by atoms with Gasteiger partial charge in [0.2, 0.25) is 0 Å². The SMILES string of the molecule is CCn1cc(Br)c(CNC(=O)c2ccn(COc3ccccc3[N+](=O)[O-])n2)n1. The van der Waals surface area contributed by atoms with Crippen LogP contribution in [0.1, 0.15) is 23.1 Å². The summed E-state index contributed by atoms with van der Waals surface area (Å²) < 4.78 is 9.41. The molecule has 11 heteroatoms. The van der Waals surface area contributed by atoms with Crippen LogP contribution in [0.25, 0.3) is 0 Å². The molecule has 146 valence electrons. The minimum atomic E-state index is -0.519. The van der Waals surface area contributed by atoms with Crippen LogP contribution in [0.5, 0.6) is 5.75 Å². The van der Waals surface area contributed by atoms with E-state index in [4.69, 9.17) is 4.74 Å². The van der Waals surface area contributed by atoms with Crippen LogP contribution in [0.4, 0.5) is 5.69 Å². The van der Waals surface area contributed by atoms with Crippen molar-refractivity contribution in [3.63, 3.8) is 0 Å². The maximum Gasteiger partial charge on any atom is 0.311 e. The molecule has 3 aromatic rings. The van der Waals surface area contributed by atoms with Gasteiger partial charge in [0, 0.05) is 25.0 Å². The summed E-state index contributed by atoms with van der Waals surface area (Å²) in [6, 6.07) is 7.60. The van der Waals surface area contributed by atoms with Gasteiger partial charge in [-0.25, -0.2) is 4.68 Å². The predicted octanol–water partition coefficient (Wildman–Crippen LogP) is 2.74. The molecule has 0 aliphatic heterocycles. The first-order valence-electron chi connectivity index (χ1n) is 8.37. The number of aryl methyl sites for hydroxylation is 1. The zero-order chi connectivity index (χ0) is 20.1. The molecule has 0 aliphatic rings. The number of aromatic nitrogens is 4. The number of benzene rings is 1. The molecule has 0 bridgehead atoms. The molecule has 28 heavy (non-hydrogen) atoms. The predicted molar refractivity (Wildman–Crippen MR) is 103 cm³/mol. The number of rotatable bonds is 8. The molecule has 1 aromatic carbocycles. The summed E-state index contributed by atoms with van der Waals surface area (Å²) in [4.78, 5) is 22.8. The van der Waals surface area contributed by atoms with Crippen molar-refractivity contribution in [2.24, 2.45) is 0 Å². The lowest BCUT2D eigenvalue weighted by Crippen LogP contribution is -2.24. The van der Waals surface area contributed by atoms with Crippen LogP contribution in [0.15, 0.2) is 47.2 Å². The van der Waals surface area contributed by atoms with Gasteiger partial charge in [-0.05, 0) is 35.0 Å². The molecular weight excluding hydrogens is 432 g/mol. The molecule has 0 aliphatic carbocycles. The smallest absolute Gasteiger partial charge is 0.311 e. The number of carbonyl (C=O) groups excluding carboxylic acids is 1. The van der Waals surface area contributed by atoms with E-state index in [1.165, 1.54) is 22.9 Å². The Kier molecular flexibility index (Phi) is 6.04. The van der Waals surface area contributed by atoms with Crippen molar-refractivity contribution in [3.05, 3.63) is 68.7 Å². The van der Waals surface area contributed by atoms with Crippen LogP contribution in [0.2, 0.25) is 0 Å². The number of para-hydroxylation sites is 2. The van der Waals surface area contributed by atoms with Gasteiger partial charge < -0.3 is 10.1 Å². The summed E-state index contributed by atoms with van der Waals surface area (Å²) in [7, 11) is 0. The Morgan fingerprint density at radius 3 is 2.79 bits per heavy atom. The number of amides is 1. The Balaban J connectivity index is 1.58. The first kappa shape index (κ1) is 19.5. The summed E-state index contributed by atoms with van der Waals surface area (Å²) in [5.74, 6) is -0.229. The number of hydrogen-bond donors (Lipinski definition) is 1. The van der Waals surface area contributed by atoms with E-state index >= 15 is 0 Å². The molecule has 10 nitrogen and oxygen atoms in total.